The molecule has 22 heavy (non-hydrogen) atoms. The Hall–Kier alpha value is -2.50. The number of rotatable bonds is 5. The van der Waals surface area contributed by atoms with Crippen LogP contribution in [0.3, 0.4) is 0 Å². The molecule has 1 aromatic heterocycles. The number of aromatic nitrogens is 1. The van der Waals surface area contributed by atoms with Gasteiger partial charge in [0.25, 0.3) is 5.91 Å². The van der Waals surface area contributed by atoms with Crippen molar-refractivity contribution in [2.75, 3.05) is 14.2 Å². The van der Waals surface area contributed by atoms with Gasteiger partial charge in [0.1, 0.15) is 11.3 Å². The Labute approximate surface area is 129 Å². The number of benzene rings is 1. The largest absolute Gasteiger partial charge is 0.493 e. The number of hydrogen-bond acceptors (Lipinski definition) is 5. The molecule has 1 amide bonds. The van der Waals surface area contributed by atoms with Crippen LogP contribution in [-0.2, 0) is 0 Å². The van der Waals surface area contributed by atoms with E-state index in [0.717, 1.165) is 5.56 Å². The quantitative estimate of drug-likeness (QED) is 0.919. The van der Waals surface area contributed by atoms with E-state index in [9.17, 15) is 4.79 Å². The highest BCUT2D eigenvalue weighted by molar-refractivity contribution is 5.96. The summed E-state index contributed by atoms with van der Waals surface area (Å²) in [6.45, 7) is 5.36. The summed E-state index contributed by atoms with van der Waals surface area (Å²) in [6.07, 6.45) is 0. The average Bonchev–Trinajstić information content (AvgIpc) is 2.85. The van der Waals surface area contributed by atoms with Crippen molar-refractivity contribution >= 4 is 5.91 Å². The van der Waals surface area contributed by atoms with Gasteiger partial charge in [0, 0.05) is 0 Å². The number of amides is 1. The molecule has 0 radical (unpaired) electrons. The first-order valence-corrected chi connectivity index (χ1v) is 6.93. The summed E-state index contributed by atoms with van der Waals surface area (Å²) in [7, 11) is 3.16. The van der Waals surface area contributed by atoms with Gasteiger partial charge in [0.15, 0.2) is 11.5 Å². The lowest BCUT2D eigenvalue weighted by atomic mass is 10.1. The maximum Gasteiger partial charge on any atom is 0.257 e. The van der Waals surface area contributed by atoms with Gasteiger partial charge >= 0.3 is 0 Å². The van der Waals surface area contributed by atoms with E-state index in [2.05, 4.69) is 10.5 Å². The minimum absolute atomic E-state index is 0.194. The molecule has 0 aliphatic rings. The van der Waals surface area contributed by atoms with E-state index in [1.807, 2.05) is 25.1 Å². The Kier molecular flexibility index (Phi) is 4.70. The lowest BCUT2D eigenvalue weighted by Crippen LogP contribution is -2.27. The first-order valence-electron chi connectivity index (χ1n) is 6.93. The number of nitrogens with one attached hydrogen (secondary N) is 1. The van der Waals surface area contributed by atoms with Crippen molar-refractivity contribution < 1.29 is 18.8 Å². The summed E-state index contributed by atoms with van der Waals surface area (Å²) in [5.41, 5.74) is 1.97. The van der Waals surface area contributed by atoms with Crippen molar-refractivity contribution in [3.05, 3.63) is 40.8 Å². The molecule has 0 saturated heterocycles. The number of carbonyl (C=O) groups excluding carboxylic acids is 1. The van der Waals surface area contributed by atoms with E-state index in [0.29, 0.717) is 28.5 Å². The second-order valence-corrected chi connectivity index (χ2v) is 5.01. The van der Waals surface area contributed by atoms with E-state index < -0.39 is 0 Å². The Morgan fingerprint density at radius 2 is 1.91 bits per heavy atom. The van der Waals surface area contributed by atoms with Crippen molar-refractivity contribution in [2.45, 2.75) is 26.8 Å². The third kappa shape index (κ3) is 3.05. The molecule has 0 spiro atoms. The first-order chi connectivity index (χ1) is 10.5. The van der Waals surface area contributed by atoms with Crippen LogP contribution in [-0.4, -0.2) is 25.3 Å². The maximum absolute atomic E-state index is 12.3. The van der Waals surface area contributed by atoms with Crippen LogP contribution in [0.2, 0.25) is 0 Å². The first kappa shape index (κ1) is 15.9. The molecule has 2 aromatic rings. The van der Waals surface area contributed by atoms with Gasteiger partial charge < -0.3 is 19.3 Å². The molecule has 0 aliphatic heterocycles. The van der Waals surface area contributed by atoms with E-state index in [1.54, 1.807) is 28.1 Å². The van der Waals surface area contributed by atoms with Gasteiger partial charge in [-0.15, -0.1) is 0 Å². The Balaban J connectivity index is 2.19. The fraction of sp³-hybridized carbons (Fsp3) is 0.375. The van der Waals surface area contributed by atoms with Gasteiger partial charge in [-0.05, 0) is 38.5 Å². The fourth-order valence-corrected chi connectivity index (χ4v) is 2.28. The molecule has 1 heterocycles. The Bertz CT molecular complexity index is 659. The van der Waals surface area contributed by atoms with Gasteiger partial charge in [-0.2, -0.15) is 0 Å². The van der Waals surface area contributed by atoms with Gasteiger partial charge in [0.05, 0.1) is 26.0 Å². The summed E-state index contributed by atoms with van der Waals surface area (Å²) in [6, 6.07) is 5.35. The van der Waals surface area contributed by atoms with Crippen LogP contribution in [0.4, 0.5) is 0 Å². The zero-order valence-corrected chi connectivity index (χ0v) is 13.4. The number of hydrogen-bond donors (Lipinski definition) is 1. The zero-order chi connectivity index (χ0) is 16.3. The summed E-state index contributed by atoms with van der Waals surface area (Å²) in [4.78, 5) is 12.3. The van der Waals surface area contributed by atoms with E-state index in [-0.39, 0.29) is 11.9 Å². The van der Waals surface area contributed by atoms with Crippen LogP contribution in [0.1, 0.15) is 40.3 Å². The van der Waals surface area contributed by atoms with Crippen molar-refractivity contribution in [2.24, 2.45) is 0 Å². The molecule has 0 bridgehead atoms. The van der Waals surface area contributed by atoms with Crippen molar-refractivity contribution in [1.82, 2.24) is 10.5 Å². The summed E-state index contributed by atoms with van der Waals surface area (Å²) >= 11 is 0. The SMILES string of the molecule is COc1ccc([C@@H](C)NC(=O)c2c(C)noc2C)cc1OC. The van der Waals surface area contributed by atoms with Crippen LogP contribution in [0, 0.1) is 13.8 Å². The highest BCUT2D eigenvalue weighted by atomic mass is 16.5. The zero-order valence-electron chi connectivity index (χ0n) is 13.4. The molecule has 0 unspecified atom stereocenters. The van der Waals surface area contributed by atoms with Crippen LogP contribution >= 0.6 is 0 Å². The normalized spacial score (nSPS) is 11.9. The lowest BCUT2D eigenvalue weighted by molar-refractivity contribution is 0.0938. The molecule has 0 fully saturated rings. The predicted molar refractivity (Wildman–Crippen MR) is 81.4 cm³/mol. The monoisotopic (exact) mass is 304 g/mol. The third-order valence-electron chi connectivity index (χ3n) is 3.52. The Morgan fingerprint density at radius 3 is 2.45 bits per heavy atom. The minimum atomic E-state index is -0.210. The molecule has 0 aliphatic carbocycles. The van der Waals surface area contributed by atoms with Crippen LogP contribution in [0.25, 0.3) is 0 Å². The molecule has 6 heteroatoms. The molecule has 118 valence electrons. The summed E-state index contributed by atoms with van der Waals surface area (Å²) < 4.78 is 15.5. The van der Waals surface area contributed by atoms with Gasteiger partial charge in [-0.25, -0.2) is 0 Å². The summed E-state index contributed by atoms with van der Waals surface area (Å²) in [5, 5.41) is 6.73. The number of aryl methyl sites for hydroxylation is 2. The molecule has 6 nitrogen and oxygen atoms in total. The van der Waals surface area contributed by atoms with Crippen molar-refractivity contribution in [3.63, 3.8) is 0 Å². The van der Waals surface area contributed by atoms with Crippen molar-refractivity contribution in [1.29, 1.82) is 0 Å². The maximum atomic E-state index is 12.3. The molecular weight excluding hydrogens is 284 g/mol. The highest BCUT2D eigenvalue weighted by Crippen LogP contribution is 2.30. The predicted octanol–water partition coefficient (Wildman–Crippen LogP) is 2.80. The molecule has 1 atom stereocenters. The molecule has 2 rings (SSSR count). The fourth-order valence-electron chi connectivity index (χ4n) is 2.28. The van der Waals surface area contributed by atoms with Gasteiger partial charge in [0.2, 0.25) is 0 Å². The number of ether oxygens (including phenoxy) is 2. The minimum Gasteiger partial charge on any atom is -0.493 e. The summed E-state index contributed by atoms with van der Waals surface area (Å²) in [5.74, 6) is 1.57. The smallest absolute Gasteiger partial charge is 0.257 e. The number of nitrogens with zero attached hydrogens (tertiary/aromatic N) is 1. The standard InChI is InChI=1S/C16H20N2O4/c1-9(12-6-7-13(20-4)14(8-12)21-5)17-16(19)15-10(2)18-22-11(15)3/h6-9H,1-5H3,(H,17,19)/t9-/m1/s1. The van der Waals surface area contributed by atoms with E-state index in [1.165, 1.54) is 0 Å². The highest BCUT2D eigenvalue weighted by Gasteiger charge is 2.20. The van der Waals surface area contributed by atoms with Crippen molar-refractivity contribution in [3.8, 4) is 11.5 Å². The van der Waals surface area contributed by atoms with Gasteiger partial charge in [-0.3, -0.25) is 4.79 Å². The molecule has 1 N–H and O–H groups in total. The molecular formula is C16H20N2O4. The third-order valence-corrected chi connectivity index (χ3v) is 3.52. The average molecular weight is 304 g/mol. The number of methoxy groups -OCH3 is 2. The molecule has 0 saturated carbocycles. The topological polar surface area (TPSA) is 73.6 Å². The van der Waals surface area contributed by atoms with E-state index >= 15 is 0 Å². The van der Waals surface area contributed by atoms with Crippen LogP contribution < -0.4 is 14.8 Å². The van der Waals surface area contributed by atoms with Gasteiger partial charge in [-0.1, -0.05) is 11.2 Å². The van der Waals surface area contributed by atoms with E-state index in [4.69, 9.17) is 14.0 Å². The second-order valence-electron chi connectivity index (χ2n) is 5.01. The Morgan fingerprint density at radius 1 is 1.23 bits per heavy atom. The van der Waals surface area contributed by atoms with Crippen LogP contribution in [0.5, 0.6) is 11.5 Å². The lowest BCUT2D eigenvalue weighted by Gasteiger charge is -2.16. The second kappa shape index (κ2) is 6.51. The molecule has 1 aromatic carbocycles. The number of carbonyl (C=O) groups is 1. The van der Waals surface area contributed by atoms with Crippen LogP contribution in [0.15, 0.2) is 22.7 Å².